The van der Waals surface area contributed by atoms with Gasteiger partial charge in [-0.2, -0.15) is 0 Å². The van der Waals surface area contributed by atoms with Crippen molar-refractivity contribution in [2.75, 3.05) is 0 Å². The van der Waals surface area contributed by atoms with E-state index in [1.54, 1.807) is 0 Å². The van der Waals surface area contributed by atoms with E-state index in [2.05, 4.69) is 24.3 Å². The summed E-state index contributed by atoms with van der Waals surface area (Å²) < 4.78 is 5.71. The minimum absolute atomic E-state index is 0.254. The van der Waals surface area contributed by atoms with Crippen molar-refractivity contribution < 1.29 is 9.53 Å². The first-order valence-corrected chi connectivity index (χ1v) is 7.67. The van der Waals surface area contributed by atoms with Crippen molar-refractivity contribution in [3.05, 3.63) is 95.6 Å². The second kappa shape index (κ2) is 5.10. The van der Waals surface area contributed by atoms with E-state index >= 15 is 0 Å². The fourth-order valence-corrected chi connectivity index (χ4v) is 3.20. The molecule has 1 heterocycles. The van der Waals surface area contributed by atoms with Crippen LogP contribution in [0.3, 0.4) is 0 Å². The highest BCUT2D eigenvalue weighted by Crippen LogP contribution is 2.41. The van der Waals surface area contributed by atoms with E-state index in [-0.39, 0.29) is 5.97 Å². The van der Waals surface area contributed by atoms with Gasteiger partial charge in [-0.25, -0.2) is 4.79 Å². The van der Waals surface area contributed by atoms with E-state index in [9.17, 15) is 4.79 Å². The summed E-state index contributed by atoms with van der Waals surface area (Å²) >= 11 is 0. The number of ether oxygens (including phenoxy) is 1. The number of esters is 1. The van der Waals surface area contributed by atoms with Gasteiger partial charge in [0.2, 0.25) is 0 Å². The third kappa shape index (κ3) is 2.15. The fourth-order valence-electron chi connectivity index (χ4n) is 3.20. The first kappa shape index (κ1) is 13.8. The number of hydrogen-bond donors (Lipinski definition) is 0. The van der Waals surface area contributed by atoms with Gasteiger partial charge in [0, 0.05) is 5.56 Å². The summed E-state index contributed by atoms with van der Waals surface area (Å²) in [7, 11) is 0. The molecule has 0 saturated heterocycles. The summed E-state index contributed by atoms with van der Waals surface area (Å²) in [6.07, 6.45) is 0. The van der Waals surface area contributed by atoms with Gasteiger partial charge in [-0.3, -0.25) is 0 Å². The minimum atomic E-state index is -0.719. The van der Waals surface area contributed by atoms with Crippen LogP contribution >= 0.6 is 0 Å². The van der Waals surface area contributed by atoms with Crippen LogP contribution in [0.25, 0.3) is 11.1 Å². The Morgan fingerprint density at radius 3 is 2.09 bits per heavy atom. The number of carbonyl (C=O) groups is 1. The molecule has 2 nitrogen and oxygen atoms in total. The van der Waals surface area contributed by atoms with Gasteiger partial charge in [0.15, 0.2) is 5.60 Å². The summed E-state index contributed by atoms with van der Waals surface area (Å²) in [4.78, 5) is 12.1. The Bertz CT molecular complexity index is 866. The highest BCUT2D eigenvalue weighted by atomic mass is 16.6. The maximum absolute atomic E-state index is 12.1. The molecule has 3 aromatic carbocycles. The Labute approximate surface area is 135 Å². The SMILES string of the molecule is CC1(c2ccc(-c3ccccc3)cc2)OC(=O)c2ccccc21. The number of benzene rings is 3. The fraction of sp³-hybridized carbons (Fsp3) is 0.0952. The Hall–Kier alpha value is -2.87. The van der Waals surface area contributed by atoms with Crippen molar-refractivity contribution >= 4 is 5.97 Å². The van der Waals surface area contributed by atoms with E-state index in [0.29, 0.717) is 5.56 Å². The Balaban J connectivity index is 1.76. The third-order valence-corrected chi connectivity index (χ3v) is 4.50. The molecule has 1 aliphatic heterocycles. The molecule has 0 bridgehead atoms. The molecule has 1 aliphatic rings. The van der Waals surface area contributed by atoms with Crippen molar-refractivity contribution in [3.63, 3.8) is 0 Å². The van der Waals surface area contributed by atoms with Crippen LogP contribution in [0, 0.1) is 0 Å². The van der Waals surface area contributed by atoms with Crippen LogP contribution in [0.5, 0.6) is 0 Å². The monoisotopic (exact) mass is 300 g/mol. The Morgan fingerprint density at radius 1 is 0.739 bits per heavy atom. The first-order valence-electron chi connectivity index (χ1n) is 7.67. The quantitative estimate of drug-likeness (QED) is 0.636. The van der Waals surface area contributed by atoms with E-state index in [1.165, 1.54) is 5.56 Å². The lowest BCUT2D eigenvalue weighted by Crippen LogP contribution is -2.23. The predicted octanol–water partition coefficient (Wildman–Crippen LogP) is 4.79. The van der Waals surface area contributed by atoms with Crippen molar-refractivity contribution in [1.82, 2.24) is 0 Å². The molecule has 1 unspecified atom stereocenters. The van der Waals surface area contributed by atoms with Gasteiger partial charge in [0.1, 0.15) is 0 Å². The molecule has 2 heteroatoms. The van der Waals surface area contributed by atoms with Gasteiger partial charge in [-0.15, -0.1) is 0 Å². The summed E-state index contributed by atoms with van der Waals surface area (Å²) in [5.74, 6) is -0.254. The molecular formula is C21H16O2. The van der Waals surface area contributed by atoms with Gasteiger partial charge < -0.3 is 4.74 Å². The number of carbonyl (C=O) groups excluding carboxylic acids is 1. The molecule has 0 aliphatic carbocycles. The molecule has 23 heavy (non-hydrogen) atoms. The average molecular weight is 300 g/mol. The lowest BCUT2D eigenvalue weighted by Gasteiger charge is -2.25. The van der Waals surface area contributed by atoms with E-state index < -0.39 is 5.60 Å². The Kier molecular flexibility index (Phi) is 3.05. The zero-order valence-corrected chi connectivity index (χ0v) is 12.8. The predicted molar refractivity (Wildman–Crippen MR) is 90.2 cm³/mol. The number of cyclic esters (lactones) is 1. The average Bonchev–Trinajstić information content (AvgIpc) is 2.88. The molecule has 1 atom stereocenters. The van der Waals surface area contributed by atoms with Crippen LogP contribution < -0.4 is 0 Å². The number of fused-ring (bicyclic) bond motifs is 1. The molecule has 0 amide bonds. The van der Waals surface area contributed by atoms with Gasteiger partial charge in [-0.05, 0) is 29.7 Å². The summed E-state index contributed by atoms with van der Waals surface area (Å²) in [6, 6.07) is 26.1. The standard InChI is InChI=1S/C21H16O2/c1-21(19-10-6-5-9-18(19)20(22)23-21)17-13-11-16(12-14-17)15-7-3-2-4-8-15/h2-14H,1H3. The zero-order valence-electron chi connectivity index (χ0n) is 12.8. The van der Waals surface area contributed by atoms with Crippen molar-refractivity contribution in [1.29, 1.82) is 0 Å². The van der Waals surface area contributed by atoms with Crippen molar-refractivity contribution in [2.45, 2.75) is 12.5 Å². The van der Waals surface area contributed by atoms with Gasteiger partial charge in [-0.1, -0.05) is 72.8 Å². The van der Waals surface area contributed by atoms with Gasteiger partial charge in [0.25, 0.3) is 0 Å². The van der Waals surface area contributed by atoms with Crippen LogP contribution in [0.15, 0.2) is 78.9 Å². The smallest absolute Gasteiger partial charge is 0.339 e. The van der Waals surface area contributed by atoms with Crippen LogP contribution in [0.4, 0.5) is 0 Å². The maximum Gasteiger partial charge on any atom is 0.339 e. The first-order chi connectivity index (χ1) is 11.2. The lowest BCUT2D eigenvalue weighted by atomic mass is 9.86. The summed E-state index contributed by atoms with van der Waals surface area (Å²) in [6.45, 7) is 1.95. The van der Waals surface area contributed by atoms with Gasteiger partial charge in [0.05, 0.1) is 5.56 Å². The molecule has 0 radical (unpaired) electrons. The molecule has 0 saturated carbocycles. The molecule has 4 rings (SSSR count). The highest BCUT2D eigenvalue weighted by molar-refractivity contribution is 5.95. The van der Waals surface area contributed by atoms with Crippen molar-refractivity contribution in [3.8, 4) is 11.1 Å². The molecule has 0 spiro atoms. The molecular weight excluding hydrogens is 284 g/mol. The lowest BCUT2D eigenvalue weighted by molar-refractivity contribution is 0.0180. The van der Waals surface area contributed by atoms with E-state index in [1.807, 2.05) is 61.5 Å². The number of rotatable bonds is 2. The molecule has 112 valence electrons. The van der Waals surface area contributed by atoms with Crippen LogP contribution in [0.2, 0.25) is 0 Å². The zero-order chi connectivity index (χ0) is 15.9. The van der Waals surface area contributed by atoms with E-state index in [4.69, 9.17) is 4.74 Å². The van der Waals surface area contributed by atoms with Crippen LogP contribution in [-0.4, -0.2) is 5.97 Å². The van der Waals surface area contributed by atoms with Gasteiger partial charge >= 0.3 is 5.97 Å². The summed E-state index contributed by atoms with van der Waals surface area (Å²) in [5.41, 5.74) is 4.17. The largest absolute Gasteiger partial charge is 0.446 e. The van der Waals surface area contributed by atoms with E-state index in [0.717, 1.165) is 16.7 Å². The van der Waals surface area contributed by atoms with Crippen LogP contribution in [0.1, 0.15) is 28.4 Å². The maximum atomic E-state index is 12.1. The van der Waals surface area contributed by atoms with Crippen molar-refractivity contribution in [2.24, 2.45) is 0 Å². The normalized spacial score (nSPS) is 19.3. The second-order valence-electron chi connectivity index (χ2n) is 5.91. The second-order valence-corrected chi connectivity index (χ2v) is 5.91. The molecule has 0 N–H and O–H groups in total. The topological polar surface area (TPSA) is 26.3 Å². The third-order valence-electron chi connectivity index (χ3n) is 4.50. The van der Waals surface area contributed by atoms with Crippen LogP contribution in [-0.2, 0) is 10.3 Å². The molecule has 0 aromatic heterocycles. The minimum Gasteiger partial charge on any atom is -0.446 e. The molecule has 0 fully saturated rings. The number of hydrogen-bond acceptors (Lipinski definition) is 2. The highest BCUT2D eigenvalue weighted by Gasteiger charge is 2.42. The molecule has 3 aromatic rings. The Morgan fingerprint density at radius 2 is 1.35 bits per heavy atom. The summed E-state index contributed by atoms with van der Waals surface area (Å²) in [5, 5.41) is 0.